The summed E-state index contributed by atoms with van der Waals surface area (Å²) in [5, 5.41) is 0. The number of benzene rings is 2. The van der Waals surface area contributed by atoms with Gasteiger partial charge in [-0.1, -0.05) is 6.07 Å². The van der Waals surface area contributed by atoms with Crippen molar-refractivity contribution < 1.29 is 21.6 Å². The second kappa shape index (κ2) is 4.93. The summed E-state index contributed by atoms with van der Waals surface area (Å²) >= 11 is 0. The van der Waals surface area contributed by atoms with E-state index in [9.17, 15) is 21.6 Å². The van der Waals surface area contributed by atoms with Crippen LogP contribution in [0.4, 0.5) is 18.9 Å². The van der Waals surface area contributed by atoms with Crippen LogP contribution in [0.2, 0.25) is 0 Å². The van der Waals surface area contributed by atoms with Crippen molar-refractivity contribution in [2.45, 2.75) is 4.90 Å². The number of rotatable bonds is 3. The summed E-state index contributed by atoms with van der Waals surface area (Å²) in [7, 11) is -4.24. The molecular formula is C12H8F3NO2S. The SMILES string of the molecule is O=S(=O)(Nc1cccc(F)c1)c1ccc(F)cc1F. The first-order chi connectivity index (χ1) is 8.88. The largest absolute Gasteiger partial charge is 0.279 e. The maximum Gasteiger partial charge on any atom is 0.264 e. The van der Waals surface area contributed by atoms with Crippen LogP contribution in [0, 0.1) is 17.5 Å². The lowest BCUT2D eigenvalue weighted by atomic mass is 10.3. The zero-order chi connectivity index (χ0) is 14.0. The van der Waals surface area contributed by atoms with Crippen molar-refractivity contribution in [3.05, 3.63) is 59.9 Å². The van der Waals surface area contributed by atoms with Gasteiger partial charge in [0.05, 0.1) is 5.69 Å². The minimum atomic E-state index is -4.24. The highest BCUT2D eigenvalue weighted by Crippen LogP contribution is 2.20. The molecule has 0 aliphatic carbocycles. The van der Waals surface area contributed by atoms with Crippen LogP contribution in [-0.2, 0) is 10.0 Å². The number of hydrogen-bond acceptors (Lipinski definition) is 2. The highest BCUT2D eigenvalue weighted by atomic mass is 32.2. The van der Waals surface area contributed by atoms with Gasteiger partial charge in [-0.3, -0.25) is 4.72 Å². The fourth-order valence-corrected chi connectivity index (χ4v) is 2.57. The Kier molecular flexibility index (Phi) is 3.48. The first-order valence-electron chi connectivity index (χ1n) is 5.12. The molecule has 0 saturated heterocycles. The highest BCUT2D eigenvalue weighted by Gasteiger charge is 2.19. The van der Waals surface area contributed by atoms with E-state index in [0.717, 1.165) is 24.3 Å². The molecule has 0 amide bonds. The zero-order valence-electron chi connectivity index (χ0n) is 9.40. The summed E-state index contributed by atoms with van der Waals surface area (Å²) in [4.78, 5) is -0.710. The molecule has 2 aromatic carbocycles. The molecule has 0 spiro atoms. The van der Waals surface area contributed by atoms with Crippen molar-refractivity contribution in [2.24, 2.45) is 0 Å². The van der Waals surface area contributed by atoms with Gasteiger partial charge in [-0.25, -0.2) is 21.6 Å². The van der Waals surface area contributed by atoms with Gasteiger partial charge >= 0.3 is 0 Å². The van der Waals surface area contributed by atoms with Crippen LogP contribution in [0.5, 0.6) is 0 Å². The third-order valence-electron chi connectivity index (χ3n) is 2.26. The molecule has 0 atom stereocenters. The van der Waals surface area contributed by atoms with E-state index in [1.807, 2.05) is 4.72 Å². The summed E-state index contributed by atoms with van der Waals surface area (Å²) in [5.41, 5.74) is -0.0521. The minimum absolute atomic E-state index is 0.0521. The summed E-state index contributed by atoms with van der Waals surface area (Å²) in [6, 6.07) is 6.77. The first kappa shape index (κ1) is 13.4. The van der Waals surface area contributed by atoms with Crippen LogP contribution in [0.3, 0.4) is 0 Å². The molecule has 7 heteroatoms. The molecule has 2 aromatic rings. The molecule has 0 aromatic heterocycles. The van der Waals surface area contributed by atoms with E-state index >= 15 is 0 Å². The number of anilines is 1. The van der Waals surface area contributed by atoms with Crippen molar-refractivity contribution in [2.75, 3.05) is 4.72 Å². The van der Waals surface area contributed by atoms with Crippen LogP contribution >= 0.6 is 0 Å². The summed E-state index contributed by atoms with van der Waals surface area (Å²) in [6.07, 6.45) is 0. The lowest BCUT2D eigenvalue weighted by Crippen LogP contribution is -2.14. The van der Waals surface area contributed by atoms with E-state index in [0.29, 0.717) is 6.07 Å². The van der Waals surface area contributed by atoms with Gasteiger partial charge in [-0.15, -0.1) is 0 Å². The Morgan fingerprint density at radius 2 is 1.58 bits per heavy atom. The molecule has 2 rings (SSSR count). The lowest BCUT2D eigenvalue weighted by molar-refractivity contribution is 0.551. The summed E-state index contributed by atoms with van der Waals surface area (Å²) in [6.45, 7) is 0. The molecule has 0 aliphatic heterocycles. The topological polar surface area (TPSA) is 46.2 Å². The lowest BCUT2D eigenvalue weighted by Gasteiger charge is -2.08. The Balaban J connectivity index is 2.38. The van der Waals surface area contributed by atoms with Gasteiger partial charge in [0.1, 0.15) is 22.3 Å². The molecule has 0 saturated carbocycles. The Morgan fingerprint density at radius 1 is 0.895 bits per heavy atom. The van der Waals surface area contributed by atoms with Crippen molar-refractivity contribution >= 4 is 15.7 Å². The van der Waals surface area contributed by atoms with Crippen molar-refractivity contribution in [3.8, 4) is 0 Å². The number of hydrogen-bond donors (Lipinski definition) is 1. The summed E-state index contributed by atoms with van der Waals surface area (Å²) < 4.78 is 64.7. The third kappa shape index (κ3) is 3.05. The fourth-order valence-electron chi connectivity index (χ4n) is 1.46. The molecule has 0 fully saturated rings. The minimum Gasteiger partial charge on any atom is -0.279 e. The molecule has 19 heavy (non-hydrogen) atoms. The Hall–Kier alpha value is -2.02. The van der Waals surface area contributed by atoms with Crippen LogP contribution in [0.1, 0.15) is 0 Å². The van der Waals surface area contributed by atoms with E-state index in [2.05, 4.69) is 0 Å². The Morgan fingerprint density at radius 3 is 2.21 bits per heavy atom. The van der Waals surface area contributed by atoms with Crippen molar-refractivity contribution in [3.63, 3.8) is 0 Å². The molecule has 100 valence electrons. The first-order valence-corrected chi connectivity index (χ1v) is 6.60. The Bertz CT molecular complexity index is 717. The van der Waals surface area contributed by atoms with Crippen LogP contribution in [0.25, 0.3) is 0 Å². The van der Waals surface area contributed by atoms with Gasteiger partial charge in [-0.05, 0) is 30.3 Å². The highest BCUT2D eigenvalue weighted by molar-refractivity contribution is 7.92. The molecule has 3 nitrogen and oxygen atoms in total. The smallest absolute Gasteiger partial charge is 0.264 e. The van der Waals surface area contributed by atoms with Crippen LogP contribution in [-0.4, -0.2) is 8.42 Å². The van der Waals surface area contributed by atoms with Gasteiger partial charge in [0.2, 0.25) is 0 Å². The second-order valence-corrected chi connectivity index (χ2v) is 5.34. The van der Waals surface area contributed by atoms with E-state index in [4.69, 9.17) is 0 Å². The number of nitrogens with one attached hydrogen (secondary N) is 1. The molecule has 0 heterocycles. The van der Waals surface area contributed by atoms with Gasteiger partial charge in [0.15, 0.2) is 0 Å². The molecule has 1 N–H and O–H groups in total. The summed E-state index contributed by atoms with van der Waals surface area (Å²) in [5.74, 6) is -2.74. The molecule has 0 bridgehead atoms. The molecule has 0 radical (unpaired) electrons. The number of sulfonamides is 1. The maximum atomic E-state index is 13.4. The van der Waals surface area contributed by atoms with E-state index < -0.39 is 32.4 Å². The predicted octanol–water partition coefficient (Wildman–Crippen LogP) is 2.90. The average molecular weight is 287 g/mol. The Labute approximate surface area is 107 Å². The molecule has 0 unspecified atom stereocenters. The normalized spacial score (nSPS) is 11.3. The standard InChI is InChI=1S/C12H8F3NO2S/c13-8-2-1-3-10(6-8)16-19(17,18)12-5-4-9(14)7-11(12)15/h1-7,16H. The van der Waals surface area contributed by atoms with Gasteiger partial charge in [-0.2, -0.15) is 0 Å². The van der Waals surface area contributed by atoms with Gasteiger partial charge < -0.3 is 0 Å². The quantitative estimate of drug-likeness (QED) is 0.943. The predicted molar refractivity (Wildman–Crippen MR) is 63.6 cm³/mol. The number of halogens is 3. The van der Waals surface area contributed by atoms with Crippen LogP contribution in [0.15, 0.2) is 47.4 Å². The van der Waals surface area contributed by atoms with Crippen LogP contribution < -0.4 is 4.72 Å². The van der Waals surface area contributed by atoms with Gasteiger partial charge in [0.25, 0.3) is 10.0 Å². The van der Waals surface area contributed by atoms with E-state index in [1.54, 1.807) is 0 Å². The molecular weight excluding hydrogens is 279 g/mol. The van der Waals surface area contributed by atoms with Gasteiger partial charge in [0, 0.05) is 6.07 Å². The molecule has 0 aliphatic rings. The third-order valence-corrected chi connectivity index (χ3v) is 3.67. The average Bonchev–Trinajstić information content (AvgIpc) is 2.27. The zero-order valence-corrected chi connectivity index (χ0v) is 10.2. The van der Waals surface area contributed by atoms with E-state index in [1.165, 1.54) is 12.1 Å². The maximum absolute atomic E-state index is 13.4. The monoisotopic (exact) mass is 287 g/mol. The van der Waals surface area contributed by atoms with Crippen molar-refractivity contribution in [1.29, 1.82) is 0 Å². The second-order valence-electron chi connectivity index (χ2n) is 3.69. The van der Waals surface area contributed by atoms with E-state index in [-0.39, 0.29) is 5.69 Å². The van der Waals surface area contributed by atoms with Crippen molar-refractivity contribution in [1.82, 2.24) is 0 Å². The fraction of sp³-hybridized carbons (Fsp3) is 0.